The summed E-state index contributed by atoms with van der Waals surface area (Å²) in [6, 6.07) is 21.0. The van der Waals surface area contributed by atoms with E-state index in [0.717, 1.165) is 26.7 Å². The SMILES string of the molecule is Cc1ccc(F)cc1C(=O)Nc1ccc(C(=O)N2Cc3ccccc3Sc3ncccc32)c(C)c1. The first-order valence-corrected chi connectivity index (χ1v) is 11.9. The average Bonchev–Trinajstić information content (AvgIpc) is 3.02. The number of amides is 2. The summed E-state index contributed by atoms with van der Waals surface area (Å²) in [7, 11) is 0. The van der Waals surface area contributed by atoms with Crippen LogP contribution in [0, 0.1) is 19.7 Å². The van der Waals surface area contributed by atoms with E-state index in [2.05, 4.69) is 10.3 Å². The Labute approximate surface area is 207 Å². The van der Waals surface area contributed by atoms with Crippen molar-refractivity contribution in [3.05, 3.63) is 113 Å². The molecular formula is C28H22FN3O2S. The van der Waals surface area contributed by atoms with Crippen LogP contribution in [-0.2, 0) is 6.54 Å². The molecule has 5 nitrogen and oxygen atoms in total. The highest BCUT2D eigenvalue weighted by Crippen LogP contribution is 2.40. The van der Waals surface area contributed by atoms with Gasteiger partial charge in [0, 0.05) is 27.9 Å². The minimum Gasteiger partial charge on any atom is -0.322 e. The third-order valence-electron chi connectivity index (χ3n) is 5.95. The molecule has 4 aromatic rings. The van der Waals surface area contributed by atoms with E-state index in [0.29, 0.717) is 23.4 Å². The van der Waals surface area contributed by atoms with E-state index in [1.54, 1.807) is 54.0 Å². The molecular weight excluding hydrogens is 461 g/mol. The largest absolute Gasteiger partial charge is 0.322 e. The number of benzene rings is 3. The van der Waals surface area contributed by atoms with E-state index in [9.17, 15) is 14.0 Å². The summed E-state index contributed by atoms with van der Waals surface area (Å²) in [5.74, 6) is -1.01. The van der Waals surface area contributed by atoms with Gasteiger partial charge in [-0.15, -0.1) is 0 Å². The second kappa shape index (κ2) is 9.35. The molecule has 2 amide bonds. The lowest BCUT2D eigenvalue weighted by molar-refractivity contribution is 0.0982. The fourth-order valence-electron chi connectivity index (χ4n) is 4.11. The van der Waals surface area contributed by atoms with Crippen molar-refractivity contribution in [2.75, 3.05) is 10.2 Å². The highest BCUT2D eigenvalue weighted by Gasteiger charge is 2.27. The molecule has 174 valence electrons. The van der Waals surface area contributed by atoms with Crippen LogP contribution in [0.1, 0.15) is 37.4 Å². The van der Waals surface area contributed by atoms with E-state index in [-0.39, 0.29) is 11.5 Å². The van der Waals surface area contributed by atoms with E-state index >= 15 is 0 Å². The Balaban J connectivity index is 1.44. The number of rotatable bonds is 3. The first-order valence-electron chi connectivity index (χ1n) is 11.1. The van der Waals surface area contributed by atoms with Crippen LogP contribution in [0.4, 0.5) is 15.8 Å². The van der Waals surface area contributed by atoms with Gasteiger partial charge in [0.2, 0.25) is 0 Å². The first-order chi connectivity index (χ1) is 16.9. The van der Waals surface area contributed by atoms with Gasteiger partial charge >= 0.3 is 0 Å². The quantitative estimate of drug-likeness (QED) is 0.366. The lowest BCUT2D eigenvalue weighted by Gasteiger charge is -2.23. The summed E-state index contributed by atoms with van der Waals surface area (Å²) in [4.78, 5) is 33.8. The Bertz CT molecular complexity index is 1470. The minimum atomic E-state index is -0.468. The van der Waals surface area contributed by atoms with Gasteiger partial charge in [0.25, 0.3) is 11.8 Å². The standard InChI is InChI=1S/C28H22FN3O2S/c1-17-9-10-20(29)15-23(17)26(33)31-21-11-12-22(18(2)14-21)28(34)32-16-19-6-3-4-8-25(19)35-27-24(32)7-5-13-30-27/h3-15H,16H2,1-2H3,(H,31,33). The highest BCUT2D eigenvalue weighted by atomic mass is 32.2. The Morgan fingerprint density at radius 1 is 0.943 bits per heavy atom. The maximum Gasteiger partial charge on any atom is 0.258 e. The molecule has 0 spiro atoms. The number of halogens is 1. The Morgan fingerprint density at radius 3 is 2.60 bits per heavy atom. The van der Waals surface area contributed by atoms with Crippen LogP contribution in [0.15, 0.2) is 88.9 Å². The number of aromatic nitrogens is 1. The minimum absolute atomic E-state index is 0.145. The van der Waals surface area contributed by atoms with Crippen LogP contribution in [0.3, 0.4) is 0 Å². The van der Waals surface area contributed by atoms with Gasteiger partial charge in [-0.3, -0.25) is 9.59 Å². The van der Waals surface area contributed by atoms with E-state index < -0.39 is 11.7 Å². The predicted octanol–water partition coefficient (Wildman–Crippen LogP) is 6.40. The number of hydrogen-bond acceptors (Lipinski definition) is 4. The number of nitrogens with zero attached hydrogens (tertiary/aromatic N) is 2. The number of nitrogens with one attached hydrogen (secondary N) is 1. The van der Waals surface area contributed by atoms with Crippen LogP contribution in [0.5, 0.6) is 0 Å². The van der Waals surface area contributed by atoms with Crippen LogP contribution in [0.2, 0.25) is 0 Å². The molecule has 1 aliphatic heterocycles. The molecule has 1 N–H and O–H groups in total. The molecule has 0 saturated heterocycles. The molecule has 0 radical (unpaired) electrons. The van der Waals surface area contributed by atoms with Crippen LogP contribution in [0.25, 0.3) is 0 Å². The van der Waals surface area contributed by atoms with Gasteiger partial charge in [-0.2, -0.15) is 0 Å². The zero-order valence-corrected chi connectivity index (χ0v) is 20.0. The summed E-state index contributed by atoms with van der Waals surface area (Å²) < 4.78 is 13.6. The average molecular weight is 484 g/mol. The normalized spacial score (nSPS) is 12.4. The van der Waals surface area contributed by atoms with Crippen molar-refractivity contribution in [2.45, 2.75) is 30.3 Å². The van der Waals surface area contributed by atoms with Gasteiger partial charge in [-0.05, 0) is 79.1 Å². The predicted molar refractivity (Wildman–Crippen MR) is 136 cm³/mol. The maximum absolute atomic E-state index is 13.7. The third-order valence-corrected chi connectivity index (χ3v) is 7.08. The fraction of sp³-hybridized carbons (Fsp3) is 0.107. The zero-order valence-electron chi connectivity index (χ0n) is 19.2. The monoisotopic (exact) mass is 483 g/mol. The Kier molecular flexibility index (Phi) is 6.09. The lowest BCUT2D eigenvalue weighted by atomic mass is 10.0. The van der Waals surface area contributed by atoms with Crippen molar-refractivity contribution in [2.24, 2.45) is 0 Å². The van der Waals surface area contributed by atoms with E-state index in [1.165, 1.54) is 12.1 Å². The topological polar surface area (TPSA) is 62.3 Å². The van der Waals surface area contributed by atoms with Crippen molar-refractivity contribution >= 4 is 35.0 Å². The molecule has 35 heavy (non-hydrogen) atoms. The number of hydrogen-bond donors (Lipinski definition) is 1. The number of anilines is 2. The van der Waals surface area contributed by atoms with Crippen LogP contribution in [-0.4, -0.2) is 16.8 Å². The lowest BCUT2D eigenvalue weighted by Crippen LogP contribution is -2.31. The van der Waals surface area contributed by atoms with Gasteiger partial charge < -0.3 is 10.2 Å². The molecule has 1 aliphatic rings. The number of pyridine rings is 1. The van der Waals surface area contributed by atoms with Gasteiger partial charge in [0.15, 0.2) is 0 Å². The van der Waals surface area contributed by atoms with E-state index in [4.69, 9.17) is 0 Å². The molecule has 0 fully saturated rings. The van der Waals surface area contributed by atoms with Gasteiger partial charge in [0.05, 0.1) is 12.2 Å². The summed E-state index contributed by atoms with van der Waals surface area (Å²) in [6.45, 7) is 4.02. The number of aryl methyl sites for hydroxylation is 2. The number of carbonyl (C=O) groups is 2. The van der Waals surface area contributed by atoms with Crippen molar-refractivity contribution in [3.63, 3.8) is 0 Å². The second-order valence-corrected chi connectivity index (χ2v) is 9.40. The molecule has 5 rings (SSSR count). The molecule has 0 atom stereocenters. The Morgan fingerprint density at radius 2 is 1.77 bits per heavy atom. The summed E-state index contributed by atoms with van der Waals surface area (Å²) in [5.41, 5.74) is 4.55. The first kappa shape index (κ1) is 22.8. The molecule has 0 saturated carbocycles. The fourth-order valence-corrected chi connectivity index (χ4v) is 5.12. The summed E-state index contributed by atoms with van der Waals surface area (Å²) in [6.07, 6.45) is 1.73. The molecule has 1 aromatic heterocycles. The zero-order chi connectivity index (χ0) is 24.5. The van der Waals surface area contributed by atoms with Crippen LogP contribution < -0.4 is 10.2 Å². The molecule has 3 aromatic carbocycles. The maximum atomic E-state index is 13.7. The van der Waals surface area contributed by atoms with Crippen LogP contribution >= 0.6 is 11.8 Å². The highest BCUT2D eigenvalue weighted by molar-refractivity contribution is 7.99. The van der Waals surface area contributed by atoms with Crippen molar-refractivity contribution in [1.82, 2.24) is 4.98 Å². The van der Waals surface area contributed by atoms with Crippen molar-refractivity contribution < 1.29 is 14.0 Å². The van der Waals surface area contributed by atoms with Gasteiger partial charge in [-0.1, -0.05) is 36.0 Å². The molecule has 0 aliphatic carbocycles. The molecule has 0 unspecified atom stereocenters. The smallest absolute Gasteiger partial charge is 0.258 e. The summed E-state index contributed by atoms with van der Waals surface area (Å²) in [5, 5.41) is 3.58. The van der Waals surface area contributed by atoms with Crippen molar-refractivity contribution in [1.29, 1.82) is 0 Å². The van der Waals surface area contributed by atoms with E-state index in [1.807, 2.05) is 43.3 Å². The van der Waals surface area contributed by atoms with Gasteiger partial charge in [0.1, 0.15) is 10.8 Å². The molecule has 0 bridgehead atoms. The number of carbonyl (C=O) groups excluding carboxylic acids is 2. The molecule has 7 heteroatoms. The summed E-state index contributed by atoms with van der Waals surface area (Å²) >= 11 is 1.55. The van der Waals surface area contributed by atoms with Gasteiger partial charge in [-0.25, -0.2) is 9.37 Å². The third kappa shape index (κ3) is 4.55. The second-order valence-electron chi connectivity index (χ2n) is 8.37. The Hall–Kier alpha value is -3.97. The van der Waals surface area contributed by atoms with Crippen molar-refractivity contribution in [3.8, 4) is 0 Å². The molecule has 2 heterocycles. The number of fused-ring (bicyclic) bond motifs is 2.